The van der Waals surface area contributed by atoms with Gasteiger partial charge in [-0.2, -0.15) is 5.26 Å². The molecule has 0 spiro atoms. The summed E-state index contributed by atoms with van der Waals surface area (Å²) in [5, 5.41) is 11.7. The van der Waals surface area contributed by atoms with Crippen molar-refractivity contribution < 1.29 is 42.9 Å². The molecule has 0 bridgehead atoms. The fraction of sp³-hybridized carbons (Fsp3) is 0.355. The molecule has 1 aliphatic rings. The summed E-state index contributed by atoms with van der Waals surface area (Å²) in [4.78, 5) is 63.6. The summed E-state index contributed by atoms with van der Waals surface area (Å²) in [6.07, 6.45) is -6.22. The van der Waals surface area contributed by atoms with Gasteiger partial charge in [0, 0.05) is 45.4 Å². The smallest absolute Gasteiger partial charge is 0.303 e. The van der Waals surface area contributed by atoms with E-state index in [0.29, 0.717) is 16.8 Å². The van der Waals surface area contributed by atoms with Crippen LogP contribution < -0.4 is 5.56 Å². The van der Waals surface area contributed by atoms with E-state index in [-0.39, 0.29) is 18.6 Å². The lowest BCUT2D eigenvalue weighted by Gasteiger charge is -2.44. The lowest BCUT2D eigenvalue weighted by atomic mass is 9.91. The minimum absolute atomic E-state index is 0.0966. The Morgan fingerprint density at radius 1 is 0.814 bits per heavy atom. The van der Waals surface area contributed by atoms with E-state index in [2.05, 4.69) is 4.98 Å². The maximum absolute atomic E-state index is 13.1. The number of H-pyrrole nitrogens is 1. The fourth-order valence-corrected chi connectivity index (χ4v) is 5.12. The fourth-order valence-electron chi connectivity index (χ4n) is 5.12. The van der Waals surface area contributed by atoms with Gasteiger partial charge in [0.1, 0.15) is 30.4 Å². The summed E-state index contributed by atoms with van der Waals surface area (Å²) in [5.41, 5.74) is 0.573. The second kappa shape index (κ2) is 13.3. The first-order valence-electron chi connectivity index (χ1n) is 13.4. The average molecular weight is 591 g/mol. The number of hydrogen-bond donors (Lipinski definition) is 1. The molecule has 12 nitrogen and oxygen atoms in total. The number of benzene rings is 2. The third-order valence-electron chi connectivity index (χ3n) is 6.77. The van der Waals surface area contributed by atoms with E-state index in [9.17, 15) is 29.2 Å². The van der Waals surface area contributed by atoms with Crippen molar-refractivity contribution in [2.45, 2.75) is 64.6 Å². The summed E-state index contributed by atoms with van der Waals surface area (Å²) in [7, 11) is 0. The molecular weight excluding hydrogens is 560 g/mol. The van der Waals surface area contributed by atoms with Crippen molar-refractivity contribution in [3.05, 3.63) is 70.1 Å². The molecule has 1 saturated heterocycles. The van der Waals surface area contributed by atoms with Gasteiger partial charge in [-0.1, -0.05) is 36.4 Å². The Kier molecular flexibility index (Phi) is 9.57. The number of aromatic nitrogens is 1. The molecule has 1 fully saturated rings. The van der Waals surface area contributed by atoms with Gasteiger partial charge in [0.2, 0.25) is 0 Å². The third kappa shape index (κ3) is 7.44. The number of esters is 4. The summed E-state index contributed by atoms with van der Waals surface area (Å²) in [5.74, 6) is -2.86. The average Bonchev–Trinajstić information content (AvgIpc) is 2.94. The number of nitrogens with zero attached hydrogens (tertiary/aromatic N) is 1. The number of pyridine rings is 1. The van der Waals surface area contributed by atoms with Crippen LogP contribution in [-0.4, -0.2) is 66.0 Å². The number of fused-ring (bicyclic) bond motifs is 1. The molecule has 0 radical (unpaired) electrons. The van der Waals surface area contributed by atoms with Gasteiger partial charge in [0.15, 0.2) is 18.3 Å². The van der Waals surface area contributed by atoms with Crippen LogP contribution in [0.2, 0.25) is 0 Å². The first kappa shape index (κ1) is 30.9. The van der Waals surface area contributed by atoms with Crippen LogP contribution in [0.1, 0.15) is 39.0 Å². The minimum atomic E-state index is -1.34. The summed E-state index contributed by atoms with van der Waals surface area (Å²) >= 11 is 0. The highest BCUT2D eigenvalue weighted by atomic mass is 16.7. The lowest BCUT2D eigenvalue weighted by Crippen LogP contribution is -2.62. The highest BCUT2D eigenvalue weighted by Gasteiger charge is 2.52. The van der Waals surface area contributed by atoms with Gasteiger partial charge in [-0.15, -0.1) is 0 Å². The van der Waals surface area contributed by atoms with Gasteiger partial charge < -0.3 is 28.7 Å². The molecule has 224 valence electrons. The maximum atomic E-state index is 13.1. The molecule has 5 atom stereocenters. The Bertz CT molecular complexity index is 1660. The third-order valence-corrected chi connectivity index (χ3v) is 6.77. The Balaban J connectivity index is 1.78. The molecule has 12 heteroatoms. The number of carbonyl (C=O) groups excluding carboxylic acids is 4. The Morgan fingerprint density at radius 2 is 1.42 bits per heavy atom. The molecule has 43 heavy (non-hydrogen) atoms. The quantitative estimate of drug-likeness (QED) is 0.302. The van der Waals surface area contributed by atoms with Crippen LogP contribution in [0.4, 0.5) is 0 Å². The molecule has 1 aromatic heterocycles. The van der Waals surface area contributed by atoms with Gasteiger partial charge in [-0.05, 0) is 28.5 Å². The van der Waals surface area contributed by atoms with Crippen molar-refractivity contribution in [2.75, 3.05) is 6.61 Å². The van der Waals surface area contributed by atoms with Crippen molar-refractivity contribution >= 4 is 34.6 Å². The molecule has 0 amide bonds. The van der Waals surface area contributed by atoms with Crippen LogP contribution in [0.25, 0.3) is 21.9 Å². The SMILES string of the molecule is CC(=O)OC[C@H]1O[C@@H](Cc2cc(-c3ccc4ccccc4c3)c(C#N)c(=O)[nH]2)[C@H](OC(C)=O)[C@@H](OC(C)=O)[C@@H]1OC(C)=O. The minimum Gasteiger partial charge on any atom is -0.463 e. The van der Waals surface area contributed by atoms with E-state index >= 15 is 0 Å². The van der Waals surface area contributed by atoms with Gasteiger partial charge in [0.25, 0.3) is 5.56 Å². The number of nitrogens with one attached hydrogen (secondary N) is 1. The highest BCUT2D eigenvalue weighted by Crippen LogP contribution is 2.32. The van der Waals surface area contributed by atoms with E-state index in [4.69, 9.17) is 23.7 Å². The number of nitriles is 1. The Hall–Kier alpha value is -5.02. The van der Waals surface area contributed by atoms with Crippen molar-refractivity contribution in [2.24, 2.45) is 0 Å². The zero-order valence-electron chi connectivity index (χ0n) is 23.9. The lowest BCUT2D eigenvalue weighted by molar-refractivity contribution is -0.252. The molecule has 4 rings (SSSR count). The number of ether oxygens (including phenoxy) is 5. The van der Waals surface area contributed by atoms with Crippen molar-refractivity contribution in [1.29, 1.82) is 5.26 Å². The van der Waals surface area contributed by atoms with Crippen LogP contribution in [0.3, 0.4) is 0 Å². The topological polar surface area (TPSA) is 171 Å². The zero-order valence-corrected chi connectivity index (χ0v) is 23.9. The number of hydrogen-bond acceptors (Lipinski definition) is 11. The van der Waals surface area contributed by atoms with Crippen LogP contribution in [0, 0.1) is 11.3 Å². The molecule has 0 saturated carbocycles. The Labute approximate surface area is 246 Å². The van der Waals surface area contributed by atoms with E-state index in [1.807, 2.05) is 42.5 Å². The van der Waals surface area contributed by atoms with E-state index in [1.165, 1.54) is 6.92 Å². The van der Waals surface area contributed by atoms with Gasteiger partial charge >= 0.3 is 23.9 Å². The van der Waals surface area contributed by atoms with Crippen LogP contribution >= 0.6 is 0 Å². The maximum Gasteiger partial charge on any atom is 0.303 e. The monoisotopic (exact) mass is 590 g/mol. The largest absolute Gasteiger partial charge is 0.463 e. The molecule has 3 aromatic rings. The Morgan fingerprint density at radius 3 is 2.02 bits per heavy atom. The zero-order chi connectivity index (χ0) is 31.3. The normalized spacial score (nSPS) is 21.3. The first-order valence-corrected chi connectivity index (χ1v) is 13.4. The van der Waals surface area contributed by atoms with Gasteiger partial charge in [-0.3, -0.25) is 24.0 Å². The molecule has 1 aliphatic heterocycles. The van der Waals surface area contributed by atoms with Crippen LogP contribution in [0.5, 0.6) is 0 Å². The predicted molar refractivity (Wildman–Crippen MR) is 150 cm³/mol. The van der Waals surface area contributed by atoms with Crippen LogP contribution in [0.15, 0.2) is 53.3 Å². The standard InChI is InChI=1S/C31H30N2O10/c1-16(34)39-15-27-29(41-18(3)36)30(42-19(4)37)28(40-17(2)35)26(43-27)13-23-12-24(25(14-32)31(38)33-23)22-10-9-20-7-5-6-8-21(20)11-22/h5-12,26-30H,13,15H2,1-4H3,(H,33,38)/t26-,27+,28-,29+,30+/m0/s1. The summed E-state index contributed by atoms with van der Waals surface area (Å²) < 4.78 is 27.7. The molecule has 0 unspecified atom stereocenters. The van der Waals surface area contributed by atoms with Gasteiger partial charge in [-0.25, -0.2) is 0 Å². The second-order valence-corrected chi connectivity index (χ2v) is 10.0. The number of aromatic amines is 1. The molecular formula is C31H30N2O10. The highest BCUT2D eigenvalue weighted by molar-refractivity contribution is 5.88. The van der Waals surface area contributed by atoms with Crippen molar-refractivity contribution in [1.82, 2.24) is 4.98 Å². The second-order valence-electron chi connectivity index (χ2n) is 10.0. The van der Waals surface area contributed by atoms with E-state index in [1.54, 1.807) is 12.1 Å². The summed E-state index contributed by atoms with van der Waals surface area (Å²) in [6, 6.07) is 16.8. The number of rotatable bonds is 8. The van der Waals surface area contributed by atoms with Crippen molar-refractivity contribution in [3.63, 3.8) is 0 Å². The number of carbonyl (C=O) groups is 4. The van der Waals surface area contributed by atoms with Crippen molar-refractivity contribution in [3.8, 4) is 17.2 Å². The molecule has 2 heterocycles. The molecule has 1 N–H and O–H groups in total. The first-order chi connectivity index (χ1) is 20.5. The van der Waals surface area contributed by atoms with Gasteiger partial charge in [0.05, 0.1) is 0 Å². The predicted octanol–water partition coefficient (Wildman–Crippen LogP) is 2.73. The van der Waals surface area contributed by atoms with E-state index < -0.39 is 60.0 Å². The van der Waals surface area contributed by atoms with E-state index in [0.717, 1.165) is 31.5 Å². The molecule has 2 aromatic carbocycles. The summed E-state index contributed by atoms with van der Waals surface area (Å²) in [6.45, 7) is 4.23. The van der Waals surface area contributed by atoms with Crippen LogP contribution in [-0.2, 0) is 49.3 Å². The molecule has 0 aliphatic carbocycles.